The van der Waals surface area contributed by atoms with Gasteiger partial charge in [0.05, 0.1) is 25.7 Å². The molecule has 7 rings (SSSR count). The number of carbonyl (C=O) groups is 1. The van der Waals surface area contributed by atoms with E-state index in [0.29, 0.717) is 62.3 Å². The first-order valence-corrected chi connectivity index (χ1v) is 15.8. The van der Waals surface area contributed by atoms with Gasteiger partial charge in [-0.3, -0.25) is 19.3 Å². The maximum atomic E-state index is 13.1. The van der Waals surface area contributed by atoms with Crippen LogP contribution in [0, 0.1) is 5.92 Å². The third kappa shape index (κ3) is 6.04. The molecule has 2 bridgehead atoms. The van der Waals surface area contributed by atoms with Gasteiger partial charge in [0.1, 0.15) is 17.3 Å². The van der Waals surface area contributed by atoms with E-state index in [1.54, 1.807) is 18.2 Å². The second-order valence-corrected chi connectivity index (χ2v) is 12.6. The minimum atomic E-state index is -0.835. The van der Waals surface area contributed by atoms with Crippen LogP contribution in [-0.2, 0) is 30.7 Å². The Morgan fingerprint density at radius 2 is 1.91 bits per heavy atom. The molecule has 2 aromatic heterocycles. The number of aromatic hydroxyl groups is 1. The van der Waals surface area contributed by atoms with Crippen LogP contribution in [0.1, 0.15) is 58.6 Å². The number of nitrogens with zero attached hydrogens (tertiary/aromatic N) is 2. The minimum absolute atomic E-state index is 0.00919. The summed E-state index contributed by atoms with van der Waals surface area (Å²) in [6.45, 7) is 3.53. The highest BCUT2D eigenvalue weighted by molar-refractivity contribution is 5.75. The number of hydrogen-bond acceptors (Lipinski definition) is 8. The number of fused-ring (bicyclic) bond motifs is 5. The fourth-order valence-electron chi connectivity index (χ4n) is 7.33. The van der Waals surface area contributed by atoms with Gasteiger partial charge in [0.2, 0.25) is 17.1 Å². The molecule has 1 unspecified atom stereocenters. The fourth-order valence-corrected chi connectivity index (χ4v) is 7.33. The summed E-state index contributed by atoms with van der Waals surface area (Å²) in [5.74, 6) is 0.327. The number of amides is 1. The SMILES string of the molecule is NC(=O)CC(c1ccccc1OCCc1ccc2c(c1)CCO2)c1oc(CN2C[C@H]3C[C@@H](C2)c2cccc(=O)n2C3)cc(=O)c1O. The predicted molar refractivity (Wildman–Crippen MR) is 170 cm³/mol. The van der Waals surface area contributed by atoms with E-state index in [-0.39, 0.29) is 23.7 Å². The van der Waals surface area contributed by atoms with E-state index in [1.807, 2.05) is 41.0 Å². The lowest BCUT2D eigenvalue weighted by Gasteiger charge is -2.42. The number of ether oxygens (including phenoxy) is 2. The molecule has 0 saturated carbocycles. The van der Waals surface area contributed by atoms with Crippen molar-refractivity contribution < 1.29 is 23.8 Å². The first-order chi connectivity index (χ1) is 22.3. The van der Waals surface area contributed by atoms with E-state index >= 15 is 0 Å². The van der Waals surface area contributed by atoms with Crippen molar-refractivity contribution in [3.05, 3.63) is 121 Å². The number of pyridine rings is 1. The number of carbonyl (C=O) groups excluding carboxylic acids is 1. The second kappa shape index (κ2) is 12.5. The maximum absolute atomic E-state index is 13.1. The van der Waals surface area contributed by atoms with Crippen LogP contribution >= 0.6 is 0 Å². The Kier molecular flexibility index (Phi) is 8.12. The number of aromatic nitrogens is 1. The average Bonchev–Trinajstić information content (AvgIpc) is 3.51. The smallest absolute Gasteiger partial charge is 0.250 e. The molecule has 0 spiro atoms. The molecule has 0 aliphatic carbocycles. The van der Waals surface area contributed by atoms with Crippen molar-refractivity contribution >= 4 is 5.91 Å². The quantitative estimate of drug-likeness (QED) is 0.273. The third-order valence-electron chi connectivity index (χ3n) is 9.35. The number of nitrogens with two attached hydrogens (primary N) is 1. The van der Waals surface area contributed by atoms with Gasteiger partial charge in [-0.05, 0) is 41.7 Å². The van der Waals surface area contributed by atoms with Crippen molar-refractivity contribution in [1.29, 1.82) is 0 Å². The molecular formula is C36H37N3O7. The van der Waals surface area contributed by atoms with E-state index < -0.39 is 23.0 Å². The predicted octanol–water partition coefficient (Wildman–Crippen LogP) is 3.69. The molecule has 3 N–H and O–H groups in total. The zero-order valence-corrected chi connectivity index (χ0v) is 25.5. The molecule has 46 heavy (non-hydrogen) atoms. The second-order valence-electron chi connectivity index (χ2n) is 12.6. The van der Waals surface area contributed by atoms with E-state index in [9.17, 15) is 19.5 Å². The Labute approximate surface area is 266 Å². The van der Waals surface area contributed by atoms with Crippen LogP contribution in [-0.4, -0.2) is 46.8 Å². The third-order valence-corrected chi connectivity index (χ3v) is 9.35. The summed E-state index contributed by atoms with van der Waals surface area (Å²) in [5, 5.41) is 11.0. The minimum Gasteiger partial charge on any atom is -0.502 e. The standard InChI is InChI=1S/C36H37N3O7/c37-33(41)17-28(27-4-1-2-6-32(27)45-12-10-22-8-9-31-24(14-22)11-13-44-31)36-35(43)30(40)16-26(46-36)21-38-18-23-15-25(20-38)29-5-3-7-34(42)39(29)19-23/h1-9,14,16,23,25,28,43H,10-13,15,17-21H2,(H2,37,41)/t23-,25+,28?/m1/s1. The topological polar surface area (TPSA) is 137 Å². The van der Waals surface area contributed by atoms with E-state index in [4.69, 9.17) is 19.6 Å². The molecule has 1 saturated heterocycles. The van der Waals surface area contributed by atoms with Gasteiger partial charge in [-0.2, -0.15) is 0 Å². The average molecular weight is 624 g/mol. The Balaban J connectivity index is 1.13. The zero-order valence-electron chi connectivity index (χ0n) is 25.5. The summed E-state index contributed by atoms with van der Waals surface area (Å²) in [6.07, 6.45) is 2.37. The normalized spacial score (nSPS) is 19.1. The molecule has 5 heterocycles. The van der Waals surface area contributed by atoms with Crippen LogP contribution in [0.4, 0.5) is 0 Å². The zero-order chi connectivity index (χ0) is 31.8. The molecule has 1 fully saturated rings. The number of piperidine rings is 1. The van der Waals surface area contributed by atoms with Gasteiger partial charge in [-0.25, -0.2) is 0 Å². The number of primary amides is 1. The Bertz CT molecular complexity index is 1900. The van der Waals surface area contributed by atoms with Crippen molar-refractivity contribution in [2.75, 3.05) is 26.3 Å². The van der Waals surface area contributed by atoms with Crippen LogP contribution in [0.25, 0.3) is 0 Å². The van der Waals surface area contributed by atoms with Crippen molar-refractivity contribution in [1.82, 2.24) is 9.47 Å². The van der Waals surface area contributed by atoms with Crippen LogP contribution in [0.5, 0.6) is 17.2 Å². The van der Waals surface area contributed by atoms with Gasteiger partial charge in [0.15, 0.2) is 5.76 Å². The number of rotatable bonds is 10. The molecule has 3 atom stereocenters. The molecule has 3 aliphatic rings. The van der Waals surface area contributed by atoms with Crippen LogP contribution in [0.3, 0.4) is 0 Å². The Hall–Kier alpha value is -4.83. The first kappa shape index (κ1) is 29.9. The molecule has 238 valence electrons. The van der Waals surface area contributed by atoms with E-state index in [2.05, 4.69) is 11.0 Å². The molecule has 4 aromatic rings. The molecule has 2 aromatic carbocycles. The van der Waals surface area contributed by atoms with E-state index in [0.717, 1.165) is 36.4 Å². The molecular weight excluding hydrogens is 586 g/mol. The van der Waals surface area contributed by atoms with Crippen molar-refractivity contribution in [2.24, 2.45) is 11.7 Å². The van der Waals surface area contributed by atoms with Crippen LogP contribution in [0.15, 0.2) is 80.7 Å². The van der Waals surface area contributed by atoms with Gasteiger partial charge < -0.3 is 29.3 Å². The number of para-hydroxylation sites is 1. The fraction of sp³-hybridized carbons (Fsp3) is 0.361. The highest BCUT2D eigenvalue weighted by atomic mass is 16.5. The Morgan fingerprint density at radius 1 is 1.04 bits per heavy atom. The lowest BCUT2D eigenvalue weighted by molar-refractivity contribution is -0.118. The molecule has 10 heteroatoms. The Morgan fingerprint density at radius 3 is 2.78 bits per heavy atom. The number of hydrogen-bond donors (Lipinski definition) is 2. The number of likely N-dealkylation sites (tertiary alicyclic amines) is 1. The molecule has 0 radical (unpaired) electrons. The van der Waals surface area contributed by atoms with Crippen molar-refractivity contribution in [3.63, 3.8) is 0 Å². The summed E-state index contributed by atoms with van der Waals surface area (Å²) in [4.78, 5) is 40.1. The molecule has 10 nitrogen and oxygen atoms in total. The van der Waals surface area contributed by atoms with E-state index in [1.165, 1.54) is 11.6 Å². The van der Waals surface area contributed by atoms with Crippen molar-refractivity contribution in [2.45, 2.75) is 50.6 Å². The summed E-state index contributed by atoms with van der Waals surface area (Å²) in [7, 11) is 0. The van der Waals surface area contributed by atoms with Crippen LogP contribution in [0.2, 0.25) is 0 Å². The largest absolute Gasteiger partial charge is 0.502 e. The summed E-state index contributed by atoms with van der Waals surface area (Å²) < 4.78 is 20.0. The highest BCUT2D eigenvalue weighted by Gasteiger charge is 2.35. The maximum Gasteiger partial charge on any atom is 0.250 e. The summed E-state index contributed by atoms with van der Waals surface area (Å²) >= 11 is 0. The lowest BCUT2D eigenvalue weighted by Crippen LogP contribution is -2.46. The highest BCUT2D eigenvalue weighted by Crippen LogP contribution is 2.39. The summed E-state index contributed by atoms with van der Waals surface area (Å²) in [5.41, 5.74) is 9.08. The van der Waals surface area contributed by atoms with Crippen molar-refractivity contribution in [3.8, 4) is 17.2 Å². The first-order valence-electron chi connectivity index (χ1n) is 15.8. The van der Waals surface area contributed by atoms with Gasteiger partial charge in [-0.1, -0.05) is 36.4 Å². The molecule has 1 amide bonds. The van der Waals surface area contributed by atoms with Gasteiger partial charge in [0, 0.05) is 68.2 Å². The van der Waals surface area contributed by atoms with Gasteiger partial charge in [-0.15, -0.1) is 0 Å². The van der Waals surface area contributed by atoms with Gasteiger partial charge >= 0.3 is 0 Å². The van der Waals surface area contributed by atoms with Gasteiger partial charge in [0.25, 0.3) is 5.56 Å². The monoisotopic (exact) mass is 623 g/mol. The van der Waals surface area contributed by atoms with Crippen LogP contribution < -0.4 is 26.2 Å². The molecule has 3 aliphatic heterocycles. The lowest BCUT2D eigenvalue weighted by atomic mass is 9.83. The number of benzene rings is 2. The summed E-state index contributed by atoms with van der Waals surface area (Å²) in [6, 6.07) is 20.1.